The van der Waals surface area contributed by atoms with Crippen LogP contribution in [-0.4, -0.2) is 48.0 Å². The van der Waals surface area contributed by atoms with Crippen molar-refractivity contribution in [3.63, 3.8) is 0 Å². The highest BCUT2D eigenvalue weighted by atomic mass is 16.5. The lowest BCUT2D eigenvalue weighted by Crippen LogP contribution is -2.50. The summed E-state index contributed by atoms with van der Waals surface area (Å²) in [5.41, 5.74) is 1.10. The highest BCUT2D eigenvalue weighted by Crippen LogP contribution is 2.35. The molecule has 0 aliphatic heterocycles. The Morgan fingerprint density at radius 3 is 2.48 bits per heavy atom. The van der Waals surface area contributed by atoms with Gasteiger partial charge in [-0.15, -0.1) is 0 Å². The smallest absolute Gasteiger partial charge is 0.161 e. The van der Waals surface area contributed by atoms with Gasteiger partial charge in [-0.2, -0.15) is 5.10 Å². The van der Waals surface area contributed by atoms with Gasteiger partial charge < -0.3 is 15.0 Å². The van der Waals surface area contributed by atoms with Gasteiger partial charge >= 0.3 is 0 Å². The molecule has 0 aliphatic rings. The third kappa shape index (κ3) is 3.98. The van der Waals surface area contributed by atoms with Crippen LogP contribution in [-0.2, 0) is 6.54 Å². The van der Waals surface area contributed by atoms with Crippen molar-refractivity contribution in [2.24, 2.45) is 0 Å². The molecular weight excluding hydrogens is 264 g/mol. The van der Waals surface area contributed by atoms with Crippen LogP contribution in [0.1, 0.15) is 52.3 Å². The van der Waals surface area contributed by atoms with E-state index in [1.54, 1.807) is 7.11 Å². The quantitative estimate of drug-likeness (QED) is 0.761. The Morgan fingerprint density at radius 2 is 2.00 bits per heavy atom. The predicted molar refractivity (Wildman–Crippen MR) is 87.9 cm³/mol. The van der Waals surface area contributed by atoms with E-state index >= 15 is 0 Å². The van der Waals surface area contributed by atoms with Gasteiger partial charge in [0, 0.05) is 12.1 Å². The molecule has 1 atom stereocenters. The fourth-order valence-electron chi connectivity index (χ4n) is 2.44. The molecule has 1 unspecified atom stereocenters. The van der Waals surface area contributed by atoms with Crippen molar-refractivity contribution in [1.29, 1.82) is 0 Å². The Balaban J connectivity index is 3.27. The van der Waals surface area contributed by atoms with Gasteiger partial charge in [0.2, 0.25) is 0 Å². The molecule has 122 valence electrons. The normalized spacial score (nSPS) is 13.7. The van der Waals surface area contributed by atoms with Crippen LogP contribution >= 0.6 is 0 Å². The van der Waals surface area contributed by atoms with Gasteiger partial charge in [-0.05, 0) is 47.3 Å². The molecule has 1 heterocycles. The number of likely N-dealkylation sites (N-methyl/N-ethyl adjacent to an activating group) is 1. The fraction of sp³-hybridized carbons (Fsp3) is 0.812. The third-order valence-corrected chi connectivity index (χ3v) is 4.23. The molecule has 5 heteroatoms. The summed E-state index contributed by atoms with van der Waals surface area (Å²) in [6.45, 7) is 10.7. The summed E-state index contributed by atoms with van der Waals surface area (Å²) in [5, 5.41) is 8.20. The molecule has 0 saturated heterocycles. The standard InChI is InChI=1S/C16H32N4O/c1-8-10-17-15(16(3,4)19(5)6)14-13(21-7)12-18-20(14)11-9-2/h12,15,17H,8-11H2,1-7H3. The summed E-state index contributed by atoms with van der Waals surface area (Å²) >= 11 is 0. The van der Waals surface area contributed by atoms with Crippen LogP contribution in [0.5, 0.6) is 5.75 Å². The lowest BCUT2D eigenvalue weighted by Gasteiger charge is -2.41. The minimum atomic E-state index is -0.0476. The van der Waals surface area contributed by atoms with Gasteiger partial charge in [0.05, 0.1) is 25.0 Å². The number of nitrogens with one attached hydrogen (secondary N) is 1. The average molecular weight is 296 g/mol. The van der Waals surface area contributed by atoms with E-state index in [9.17, 15) is 0 Å². The van der Waals surface area contributed by atoms with E-state index in [1.165, 1.54) is 0 Å². The molecule has 0 fully saturated rings. The molecule has 5 nitrogen and oxygen atoms in total. The number of hydrogen-bond donors (Lipinski definition) is 1. The first-order valence-corrected chi connectivity index (χ1v) is 7.90. The zero-order valence-electron chi connectivity index (χ0n) is 14.7. The molecule has 1 N–H and O–H groups in total. The summed E-state index contributed by atoms with van der Waals surface area (Å²) < 4.78 is 7.65. The number of aromatic nitrogens is 2. The third-order valence-electron chi connectivity index (χ3n) is 4.23. The SMILES string of the molecule is CCCNC(c1c(OC)cnn1CCC)C(C)(C)N(C)C. The molecule has 0 aliphatic carbocycles. The molecular formula is C16H32N4O. The molecule has 1 rings (SSSR count). The minimum absolute atomic E-state index is 0.0476. The van der Waals surface area contributed by atoms with Gasteiger partial charge in [0.1, 0.15) is 0 Å². The second kappa shape index (κ2) is 7.80. The van der Waals surface area contributed by atoms with Crippen molar-refractivity contribution < 1.29 is 4.74 Å². The zero-order valence-corrected chi connectivity index (χ0v) is 14.7. The van der Waals surface area contributed by atoms with E-state index in [2.05, 4.69) is 61.8 Å². The Bertz CT molecular complexity index is 426. The maximum absolute atomic E-state index is 5.57. The van der Waals surface area contributed by atoms with E-state index in [0.29, 0.717) is 0 Å². The number of hydrogen-bond acceptors (Lipinski definition) is 4. The predicted octanol–water partition coefficient (Wildman–Crippen LogP) is 2.68. The van der Waals surface area contributed by atoms with E-state index < -0.39 is 0 Å². The van der Waals surface area contributed by atoms with Crippen LogP contribution < -0.4 is 10.1 Å². The van der Waals surface area contributed by atoms with Gasteiger partial charge in [-0.3, -0.25) is 4.68 Å². The lowest BCUT2D eigenvalue weighted by molar-refractivity contribution is 0.130. The number of aryl methyl sites for hydroxylation is 1. The van der Waals surface area contributed by atoms with Crippen LogP contribution in [0.15, 0.2) is 6.20 Å². The molecule has 0 aromatic carbocycles. The maximum atomic E-state index is 5.57. The summed E-state index contributed by atoms with van der Waals surface area (Å²) in [6.07, 6.45) is 3.99. The summed E-state index contributed by atoms with van der Waals surface area (Å²) in [4.78, 5) is 2.25. The summed E-state index contributed by atoms with van der Waals surface area (Å²) in [5.74, 6) is 0.868. The van der Waals surface area contributed by atoms with Gasteiger partial charge in [0.25, 0.3) is 0 Å². The van der Waals surface area contributed by atoms with Crippen molar-refractivity contribution in [3.8, 4) is 5.75 Å². The zero-order chi connectivity index (χ0) is 16.0. The molecule has 1 aromatic heterocycles. The molecule has 0 amide bonds. The highest BCUT2D eigenvalue weighted by Gasteiger charge is 2.36. The molecule has 0 radical (unpaired) electrons. The minimum Gasteiger partial charge on any atom is -0.493 e. The number of rotatable bonds is 9. The molecule has 0 bridgehead atoms. The molecule has 1 aromatic rings. The van der Waals surface area contributed by atoms with Crippen molar-refractivity contribution in [2.45, 2.75) is 58.7 Å². The number of ether oxygens (including phenoxy) is 1. The van der Waals surface area contributed by atoms with Crippen molar-refractivity contribution >= 4 is 0 Å². The monoisotopic (exact) mass is 296 g/mol. The largest absolute Gasteiger partial charge is 0.493 e. The lowest BCUT2D eigenvalue weighted by atomic mass is 9.90. The van der Waals surface area contributed by atoms with Gasteiger partial charge in [-0.1, -0.05) is 13.8 Å². The first-order chi connectivity index (χ1) is 9.89. The van der Waals surface area contributed by atoms with E-state index in [1.807, 2.05) is 6.20 Å². The Hall–Kier alpha value is -1.07. The molecule has 0 spiro atoms. The van der Waals surface area contributed by atoms with Crippen LogP contribution in [0.2, 0.25) is 0 Å². The van der Waals surface area contributed by atoms with E-state index in [0.717, 1.165) is 37.4 Å². The van der Waals surface area contributed by atoms with Crippen LogP contribution in [0.25, 0.3) is 0 Å². The first-order valence-electron chi connectivity index (χ1n) is 7.90. The maximum Gasteiger partial charge on any atom is 0.161 e. The summed E-state index contributed by atoms with van der Waals surface area (Å²) in [7, 11) is 5.96. The van der Waals surface area contributed by atoms with Crippen molar-refractivity contribution in [2.75, 3.05) is 27.7 Å². The second-order valence-corrected chi connectivity index (χ2v) is 6.26. The van der Waals surface area contributed by atoms with Crippen LogP contribution in [0, 0.1) is 0 Å². The van der Waals surface area contributed by atoms with Crippen molar-refractivity contribution in [1.82, 2.24) is 20.0 Å². The van der Waals surface area contributed by atoms with Crippen molar-refractivity contribution in [3.05, 3.63) is 11.9 Å². The van der Waals surface area contributed by atoms with Gasteiger partial charge in [-0.25, -0.2) is 0 Å². The van der Waals surface area contributed by atoms with E-state index in [-0.39, 0.29) is 11.6 Å². The van der Waals surface area contributed by atoms with Gasteiger partial charge in [0.15, 0.2) is 5.75 Å². The Morgan fingerprint density at radius 1 is 1.33 bits per heavy atom. The highest BCUT2D eigenvalue weighted by molar-refractivity contribution is 5.31. The fourth-order valence-corrected chi connectivity index (χ4v) is 2.44. The first kappa shape index (κ1) is 18.0. The Labute approximate surface area is 129 Å². The van der Waals surface area contributed by atoms with Crippen LogP contribution in [0.4, 0.5) is 0 Å². The topological polar surface area (TPSA) is 42.3 Å². The Kier molecular flexibility index (Phi) is 6.68. The number of nitrogens with zero attached hydrogens (tertiary/aromatic N) is 3. The second-order valence-electron chi connectivity index (χ2n) is 6.26. The average Bonchev–Trinajstić information content (AvgIpc) is 2.82. The summed E-state index contributed by atoms with van der Waals surface area (Å²) in [6, 6.07) is 0.163. The molecule has 0 saturated carbocycles. The molecule has 21 heavy (non-hydrogen) atoms. The van der Waals surface area contributed by atoms with Crippen LogP contribution in [0.3, 0.4) is 0 Å². The number of methoxy groups -OCH3 is 1. The van der Waals surface area contributed by atoms with E-state index in [4.69, 9.17) is 4.74 Å².